The topological polar surface area (TPSA) is 9.23 Å². The molecule has 0 N–H and O–H groups in total. The highest BCUT2D eigenvalue weighted by Crippen LogP contribution is 2.34. The van der Waals surface area contributed by atoms with Gasteiger partial charge in [-0.15, -0.1) is 0 Å². The summed E-state index contributed by atoms with van der Waals surface area (Å²) in [7, 11) is 0. The summed E-state index contributed by atoms with van der Waals surface area (Å²) in [5, 5.41) is 0. The van der Waals surface area contributed by atoms with Crippen LogP contribution in [0.2, 0.25) is 0 Å². The summed E-state index contributed by atoms with van der Waals surface area (Å²) in [5.41, 5.74) is 0. The van der Waals surface area contributed by atoms with Crippen LogP contribution in [0.25, 0.3) is 0 Å². The van der Waals surface area contributed by atoms with Gasteiger partial charge >= 0.3 is 0 Å². The molecule has 0 unspecified atom stereocenters. The van der Waals surface area contributed by atoms with Crippen molar-refractivity contribution in [2.75, 3.05) is 6.61 Å². The minimum atomic E-state index is 0.589. The van der Waals surface area contributed by atoms with Crippen LogP contribution in [0.4, 0.5) is 0 Å². The predicted octanol–water partition coefficient (Wildman–Crippen LogP) is 9.09. The second-order valence-corrected chi connectivity index (χ2v) is 10.2. The van der Waals surface area contributed by atoms with Gasteiger partial charge in [-0.25, -0.2) is 0 Å². The Balaban J connectivity index is 1.41. The van der Waals surface area contributed by atoms with Gasteiger partial charge < -0.3 is 4.74 Å². The normalized spacial score (nSPS) is 28.5. The Hall–Kier alpha value is -0.0400. The monoisotopic (exact) mass is 392 g/mol. The highest BCUT2D eigenvalue weighted by molar-refractivity contribution is 4.74. The quantitative estimate of drug-likeness (QED) is 0.252. The van der Waals surface area contributed by atoms with Crippen LogP contribution < -0.4 is 0 Å². The molecule has 2 rings (SSSR count). The van der Waals surface area contributed by atoms with E-state index in [4.69, 9.17) is 4.74 Å². The molecule has 0 aromatic carbocycles. The van der Waals surface area contributed by atoms with Gasteiger partial charge in [0.15, 0.2) is 0 Å². The first-order valence-electron chi connectivity index (χ1n) is 13.4. The maximum Gasteiger partial charge on any atom is 0.0575 e. The van der Waals surface area contributed by atoms with Crippen molar-refractivity contribution in [2.45, 2.75) is 148 Å². The van der Waals surface area contributed by atoms with Crippen LogP contribution in [0.3, 0.4) is 0 Å². The average molecular weight is 393 g/mol. The third-order valence-electron chi connectivity index (χ3n) is 7.80. The third-order valence-corrected chi connectivity index (χ3v) is 7.80. The molecule has 28 heavy (non-hydrogen) atoms. The van der Waals surface area contributed by atoms with E-state index in [1.165, 1.54) is 128 Å². The molecule has 0 atom stereocenters. The molecule has 166 valence electrons. The van der Waals surface area contributed by atoms with Crippen LogP contribution in [0, 0.1) is 17.8 Å². The molecule has 0 saturated heterocycles. The second-order valence-electron chi connectivity index (χ2n) is 10.2. The van der Waals surface area contributed by atoms with E-state index in [0.29, 0.717) is 6.10 Å². The fourth-order valence-electron chi connectivity index (χ4n) is 5.74. The zero-order valence-electron chi connectivity index (χ0n) is 19.6. The van der Waals surface area contributed by atoms with Gasteiger partial charge in [0, 0.05) is 6.61 Å². The van der Waals surface area contributed by atoms with Gasteiger partial charge in [0.1, 0.15) is 0 Å². The molecule has 0 heterocycles. The standard InChI is InChI=1S/C27H52O/c1-3-5-7-8-10-13-24-15-17-26(18-16-24)14-11-23-28-27-21-19-25(20-22-27)12-9-6-4-2/h24-27H,3-23H2,1-2H3. The molecular weight excluding hydrogens is 340 g/mol. The summed E-state index contributed by atoms with van der Waals surface area (Å²) in [6, 6.07) is 0. The molecule has 0 bridgehead atoms. The van der Waals surface area contributed by atoms with Crippen molar-refractivity contribution in [3.8, 4) is 0 Å². The Bertz CT molecular complexity index is 336. The molecule has 0 aromatic rings. The second kappa shape index (κ2) is 15.8. The van der Waals surface area contributed by atoms with E-state index in [1.54, 1.807) is 0 Å². The lowest BCUT2D eigenvalue weighted by Gasteiger charge is -2.30. The van der Waals surface area contributed by atoms with Gasteiger partial charge in [-0.3, -0.25) is 0 Å². The number of hydrogen-bond acceptors (Lipinski definition) is 1. The van der Waals surface area contributed by atoms with Gasteiger partial charge in [-0.05, 0) is 56.3 Å². The molecule has 0 radical (unpaired) electrons. The number of rotatable bonds is 15. The summed E-state index contributed by atoms with van der Waals surface area (Å²) >= 11 is 0. The summed E-state index contributed by atoms with van der Waals surface area (Å²) in [6.45, 7) is 5.65. The number of hydrogen-bond donors (Lipinski definition) is 0. The van der Waals surface area contributed by atoms with Crippen LogP contribution in [0.1, 0.15) is 142 Å². The van der Waals surface area contributed by atoms with Crippen molar-refractivity contribution in [1.29, 1.82) is 0 Å². The Morgan fingerprint density at radius 1 is 0.500 bits per heavy atom. The minimum Gasteiger partial charge on any atom is -0.378 e. The minimum absolute atomic E-state index is 0.589. The van der Waals surface area contributed by atoms with Crippen molar-refractivity contribution >= 4 is 0 Å². The molecular formula is C27H52O. The van der Waals surface area contributed by atoms with Gasteiger partial charge in [0.2, 0.25) is 0 Å². The lowest BCUT2D eigenvalue weighted by Crippen LogP contribution is -2.22. The third kappa shape index (κ3) is 10.7. The first-order chi connectivity index (χ1) is 13.8. The molecule has 2 saturated carbocycles. The molecule has 1 nitrogen and oxygen atoms in total. The molecule has 0 amide bonds. The Morgan fingerprint density at radius 3 is 1.50 bits per heavy atom. The highest BCUT2D eigenvalue weighted by atomic mass is 16.5. The molecule has 2 aliphatic carbocycles. The van der Waals surface area contributed by atoms with Crippen molar-refractivity contribution in [1.82, 2.24) is 0 Å². The Morgan fingerprint density at radius 2 is 0.929 bits per heavy atom. The fourth-order valence-corrected chi connectivity index (χ4v) is 5.74. The van der Waals surface area contributed by atoms with E-state index in [-0.39, 0.29) is 0 Å². The summed E-state index contributed by atoms with van der Waals surface area (Å²) in [4.78, 5) is 0. The van der Waals surface area contributed by atoms with E-state index in [0.717, 1.165) is 24.4 Å². The van der Waals surface area contributed by atoms with Gasteiger partial charge in [0.05, 0.1) is 6.10 Å². The first kappa shape index (κ1) is 24.2. The predicted molar refractivity (Wildman–Crippen MR) is 124 cm³/mol. The lowest BCUT2D eigenvalue weighted by molar-refractivity contribution is 0.0131. The Kier molecular flexibility index (Phi) is 13.6. The van der Waals surface area contributed by atoms with E-state index < -0.39 is 0 Å². The average Bonchev–Trinajstić information content (AvgIpc) is 2.73. The molecule has 0 aromatic heterocycles. The summed E-state index contributed by atoms with van der Waals surface area (Å²) in [6.07, 6.45) is 29.4. The maximum atomic E-state index is 6.25. The zero-order valence-corrected chi connectivity index (χ0v) is 19.6. The van der Waals surface area contributed by atoms with E-state index in [9.17, 15) is 0 Å². The number of unbranched alkanes of at least 4 members (excludes halogenated alkanes) is 6. The largest absolute Gasteiger partial charge is 0.378 e. The van der Waals surface area contributed by atoms with E-state index in [2.05, 4.69) is 13.8 Å². The van der Waals surface area contributed by atoms with Crippen molar-refractivity contribution in [3.63, 3.8) is 0 Å². The van der Waals surface area contributed by atoms with Crippen molar-refractivity contribution in [3.05, 3.63) is 0 Å². The highest BCUT2D eigenvalue weighted by Gasteiger charge is 2.22. The first-order valence-corrected chi connectivity index (χ1v) is 13.4. The Labute approximate surface area is 177 Å². The van der Waals surface area contributed by atoms with Crippen LogP contribution in [-0.2, 0) is 4.74 Å². The van der Waals surface area contributed by atoms with Gasteiger partial charge in [0.25, 0.3) is 0 Å². The maximum absolute atomic E-state index is 6.25. The van der Waals surface area contributed by atoms with E-state index >= 15 is 0 Å². The van der Waals surface area contributed by atoms with Crippen LogP contribution in [0.5, 0.6) is 0 Å². The van der Waals surface area contributed by atoms with Gasteiger partial charge in [-0.1, -0.05) is 104 Å². The van der Waals surface area contributed by atoms with Crippen molar-refractivity contribution in [2.24, 2.45) is 17.8 Å². The van der Waals surface area contributed by atoms with Gasteiger partial charge in [-0.2, -0.15) is 0 Å². The zero-order chi connectivity index (χ0) is 19.9. The SMILES string of the molecule is CCCCCCCC1CCC(CCCOC2CCC(CCCCC)CC2)CC1. The summed E-state index contributed by atoms with van der Waals surface area (Å²) < 4.78 is 6.25. The summed E-state index contributed by atoms with van der Waals surface area (Å²) in [5.74, 6) is 3.07. The van der Waals surface area contributed by atoms with E-state index in [1.807, 2.05) is 0 Å². The molecule has 2 aliphatic rings. The molecule has 0 aliphatic heterocycles. The molecule has 2 fully saturated rings. The van der Waals surface area contributed by atoms with Crippen molar-refractivity contribution < 1.29 is 4.74 Å². The molecule has 0 spiro atoms. The molecule has 1 heteroatoms. The number of ether oxygens (including phenoxy) is 1. The lowest BCUT2D eigenvalue weighted by atomic mass is 9.78. The fraction of sp³-hybridized carbons (Fsp3) is 1.00. The smallest absolute Gasteiger partial charge is 0.0575 e. The van der Waals surface area contributed by atoms with Crippen LogP contribution in [-0.4, -0.2) is 12.7 Å². The van der Waals surface area contributed by atoms with Crippen LogP contribution in [0.15, 0.2) is 0 Å². The van der Waals surface area contributed by atoms with Crippen LogP contribution >= 0.6 is 0 Å².